The van der Waals surface area contributed by atoms with Gasteiger partial charge in [0.2, 0.25) is 0 Å². The van der Waals surface area contributed by atoms with Gasteiger partial charge in [-0.15, -0.1) is 0 Å². The average Bonchev–Trinajstić information content (AvgIpc) is 3.23. The molecule has 0 amide bonds. The largest absolute Gasteiger partial charge is 0.394 e. The smallest absolute Gasteiger partial charge is 0.188 e. The van der Waals surface area contributed by atoms with Crippen LogP contribution in [0.4, 0.5) is 0 Å². The van der Waals surface area contributed by atoms with Crippen LogP contribution in [-0.4, -0.2) is 179 Å². The van der Waals surface area contributed by atoms with E-state index in [-0.39, 0.29) is 22.7 Å². The molecule has 6 aliphatic rings. The van der Waals surface area contributed by atoms with E-state index in [1.807, 2.05) is 13.8 Å². The van der Waals surface area contributed by atoms with Crippen molar-refractivity contribution in [2.24, 2.45) is 22.7 Å². The van der Waals surface area contributed by atoms with E-state index in [1.165, 1.54) is 0 Å². The van der Waals surface area contributed by atoms with Gasteiger partial charge in [-0.05, 0) is 87.0 Å². The second kappa shape index (κ2) is 16.3. The molecule has 0 aromatic heterocycles. The second-order valence-electron chi connectivity index (χ2n) is 18.0. The monoisotopic (exact) mass is 792 g/mol. The average molecular weight is 793 g/mol. The summed E-state index contributed by atoms with van der Waals surface area (Å²) in [5.41, 5.74) is -1.48. The predicted octanol–water partition coefficient (Wildman–Crippen LogP) is -2.08. The van der Waals surface area contributed by atoms with Crippen molar-refractivity contribution in [3.05, 3.63) is 12.2 Å². The third kappa shape index (κ3) is 7.81. The predicted molar refractivity (Wildman–Crippen MR) is 188 cm³/mol. The molecule has 6 rings (SSSR count). The molecular formula is C38H64O17. The van der Waals surface area contributed by atoms with Gasteiger partial charge in [-0.1, -0.05) is 26.8 Å². The summed E-state index contributed by atoms with van der Waals surface area (Å²) in [6.07, 6.45) is -19.1. The third-order valence-corrected chi connectivity index (χ3v) is 14.3. The lowest BCUT2D eigenvalue weighted by Gasteiger charge is -2.61. The van der Waals surface area contributed by atoms with Crippen LogP contribution in [0.5, 0.6) is 0 Å². The molecule has 0 aromatic carbocycles. The van der Waals surface area contributed by atoms with Crippen molar-refractivity contribution in [1.82, 2.24) is 0 Å². The van der Waals surface area contributed by atoms with E-state index >= 15 is 0 Å². The minimum Gasteiger partial charge on any atom is -0.394 e. The Morgan fingerprint density at radius 1 is 0.600 bits per heavy atom. The number of aliphatic hydroxyl groups is 11. The highest BCUT2D eigenvalue weighted by molar-refractivity contribution is 5.21. The van der Waals surface area contributed by atoms with Gasteiger partial charge in [0.05, 0.1) is 31.0 Å². The molecule has 17 unspecified atom stereocenters. The third-order valence-electron chi connectivity index (χ3n) is 14.3. The number of ether oxygens (including phenoxy) is 6. The molecule has 0 aromatic rings. The summed E-state index contributed by atoms with van der Waals surface area (Å²) in [4.78, 5) is 0. The van der Waals surface area contributed by atoms with Crippen LogP contribution in [0.3, 0.4) is 0 Å². The first kappa shape index (κ1) is 43.6. The van der Waals surface area contributed by atoms with E-state index in [9.17, 15) is 56.2 Å². The molecule has 0 bridgehead atoms. The fourth-order valence-electron chi connectivity index (χ4n) is 11.1. The van der Waals surface area contributed by atoms with E-state index in [2.05, 4.69) is 20.4 Å². The summed E-state index contributed by atoms with van der Waals surface area (Å²) < 4.78 is 36.5. The van der Waals surface area contributed by atoms with Gasteiger partial charge >= 0.3 is 0 Å². The molecule has 55 heavy (non-hydrogen) atoms. The Hall–Kier alpha value is -0.940. The van der Waals surface area contributed by atoms with Crippen molar-refractivity contribution < 1.29 is 84.6 Å². The van der Waals surface area contributed by atoms with Crippen molar-refractivity contribution in [2.45, 2.75) is 182 Å². The lowest BCUT2D eigenvalue weighted by atomic mass is 9.44. The number of rotatable bonds is 9. The first-order chi connectivity index (χ1) is 25.7. The molecule has 17 heteroatoms. The molecule has 3 heterocycles. The zero-order valence-corrected chi connectivity index (χ0v) is 32.2. The molecule has 3 saturated carbocycles. The molecule has 11 N–H and O–H groups in total. The summed E-state index contributed by atoms with van der Waals surface area (Å²) in [5, 5.41) is 117. The Bertz CT molecular complexity index is 1330. The van der Waals surface area contributed by atoms with Gasteiger partial charge in [0.1, 0.15) is 73.2 Å². The van der Waals surface area contributed by atoms with Gasteiger partial charge in [0.15, 0.2) is 18.9 Å². The van der Waals surface area contributed by atoms with Crippen molar-refractivity contribution in [3.63, 3.8) is 0 Å². The highest BCUT2D eigenvalue weighted by atomic mass is 16.8. The molecule has 3 aliphatic heterocycles. The fraction of sp³-hybridized carbons (Fsp3) is 0.947. The van der Waals surface area contributed by atoms with Crippen LogP contribution >= 0.6 is 0 Å². The molecule has 3 saturated heterocycles. The molecule has 6 fully saturated rings. The maximum Gasteiger partial charge on any atom is 0.188 e. The SMILES string of the molecule is C=C1C[C@@]2(C)CCC3[C@@](C)(CCC[C@@]3(C)O)C2CC[C@@]1(C)OC1OC(CO)C(O)C(OC2OC(CO)C(O)C(O)C2O)C1OC1OC(CO)C(O)C(O)C1O. The summed E-state index contributed by atoms with van der Waals surface area (Å²) >= 11 is 0. The zero-order chi connectivity index (χ0) is 40.4. The van der Waals surface area contributed by atoms with Crippen LogP contribution in [0.2, 0.25) is 0 Å². The number of fused-ring (bicyclic) bond motifs is 3. The lowest BCUT2D eigenvalue weighted by Crippen LogP contribution is -2.67. The number of hydrogen-bond donors (Lipinski definition) is 11. The van der Waals surface area contributed by atoms with Crippen molar-refractivity contribution in [1.29, 1.82) is 0 Å². The standard InChI is InChI=1S/C38H64O17/c1-17-13-35(2)11-7-22-36(3,9-6-10-37(22,4)49)21(35)8-12-38(17,5)55-34-31(54-33-29(48)27(46)24(43)19(15-40)51-33)30(25(44)20(16-41)52-34)53-32-28(47)26(45)23(42)18(14-39)50-32/h18-34,39-49H,1,6-16H2,2-5H3/t18?,19?,20?,21?,22?,23?,24?,25?,26?,27?,28?,29?,30?,31?,32?,33?,34?,35-,36+,37-,38-/m1/s1. The summed E-state index contributed by atoms with van der Waals surface area (Å²) in [5.74, 6) is 0.325. The molecule has 0 spiro atoms. The Labute approximate surface area is 321 Å². The van der Waals surface area contributed by atoms with Crippen molar-refractivity contribution in [3.8, 4) is 0 Å². The molecular weight excluding hydrogens is 728 g/mol. The van der Waals surface area contributed by atoms with E-state index in [1.54, 1.807) is 0 Å². The van der Waals surface area contributed by atoms with Gasteiger partial charge in [-0.2, -0.15) is 0 Å². The normalized spacial score (nSPS) is 55.0. The van der Waals surface area contributed by atoms with Crippen molar-refractivity contribution >= 4 is 0 Å². The summed E-state index contributed by atoms with van der Waals surface area (Å²) in [6.45, 7) is 10.6. The zero-order valence-electron chi connectivity index (χ0n) is 32.2. The second-order valence-corrected chi connectivity index (χ2v) is 18.0. The maximum absolute atomic E-state index is 11.6. The molecule has 318 valence electrons. The number of hydrogen-bond acceptors (Lipinski definition) is 17. The highest BCUT2D eigenvalue weighted by Gasteiger charge is 2.62. The molecule has 0 radical (unpaired) electrons. The van der Waals surface area contributed by atoms with Crippen LogP contribution in [-0.2, 0) is 28.4 Å². The van der Waals surface area contributed by atoms with E-state index < -0.39 is 123 Å². The van der Waals surface area contributed by atoms with Crippen LogP contribution in [0.25, 0.3) is 0 Å². The summed E-state index contributed by atoms with van der Waals surface area (Å²) in [7, 11) is 0. The van der Waals surface area contributed by atoms with Gasteiger partial charge in [-0.25, -0.2) is 0 Å². The Morgan fingerprint density at radius 3 is 1.64 bits per heavy atom. The number of aliphatic hydroxyl groups excluding tert-OH is 10. The Balaban J connectivity index is 1.34. The minimum absolute atomic E-state index is 0.121. The molecule has 21 atom stereocenters. The minimum atomic E-state index is -1.90. The van der Waals surface area contributed by atoms with E-state index in [0.29, 0.717) is 19.3 Å². The highest BCUT2D eigenvalue weighted by Crippen LogP contribution is 2.66. The van der Waals surface area contributed by atoms with Crippen LogP contribution in [0, 0.1) is 22.7 Å². The maximum atomic E-state index is 11.6. The molecule has 3 aliphatic carbocycles. The Kier molecular flexibility index (Phi) is 12.9. The van der Waals surface area contributed by atoms with Crippen LogP contribution in [0.15, 0.2) is 12.2 Å². The van der Waals surface area contributed by atoms with Gasteiger partial charge in [0, 0.05) is 0 Å². The van der Waals surface area contributed by atoms with Gasteiger partial charge in [0.25, 0.3) is 0 Å². The first-order valence-electron chi connectivity index (χ1n) is 19.7. The van der Waals surface area contributed by atoms with Gasteiger partial charge in [-0.3, -0.25) is 0 Å². The first-order valence-corrected chi connectivity index (χ1v) is 19.7. The topological polar surface area (TPSA) is 278 Å². The van der Waals surface area contributed by atoms with Gasteiger partial charge < -0.3 is 84.6 Å². The lowest BCUT2D eigenvalue weighted by molar-refractivity contribution is -0.398. The fourth-order valence-corrected chi connectivity index (χ4v) is 11.1. The van der Waals surface area contributed by atoms with E-state index in [4.69, 9.17) is 28.4 Å². The van der Waals surface area contributed by atoms with E-state index in [0.717, 1.165) is 37.7 Å². The van der Waals surface area contributed by atoms with Crippen molar-refractivity contribution in [2.75, 3.05) is 19.8 Å². The summed E-state index contributed by atoms with van der Waals surface area (Å²) in [6, 6.07) is 0. The molecule has 17 nitrogen and oxygen atoms in total. The quantitative estimate of drug-likeness (QED) is 0.112. The van der Waals surface area contributed by atoms with Crippen LogP contribution < -0.4 is 0 Å². The van der Waals surface area contributed by atoms with Crippen LogP contribution in [0.1, 0.15) is 79.1 Å². The Morgan fingerprint density at radius 2 is 1.09 bits per heavy atom.